The molecule has 1 N–H and O–H groups in total. The molecule has 0 aliphatic carbocycles. The first-order valence-corrected chi connectivity index (χ1v) is 7.60. The molecular weight excluding hydrogens is 250 g/mol. The van der Waals surface area contributed by atoms with E-state index >= 15 is 0 Å². The number of rotatable bonds is 5. The molecule has 1 saturated heterocycles. The Labute approximate surface area is 122 Å². The molecule has 1 heterocycles. The van der Waals surface area contributed by atoms with Crippen molar-refractivity contribution in [3.63, 3.8) is 0 Å². The number of methoxy groups -OCH3 is 1. The highest BCUT2D eigenvalue weighted by Crippen LogP contribution is 2.29. The molecule has 1 aliphatic heterocycles. The van der Waals surface area contributed by atoms with Crippen molar-refractivity contribution in [1.82, 2.24) is 5.32 Å². The first kappa shape index (κ1) is 15.3. The van der Waals surface area contributed by atoms with Gasteiger partial charge in [0.1, 0.15) is 5.75 Å². The van der Waals surface area contributed by atoms with Crippen LogP contribution in [0, 0.1) is 0 Å². The smallest absolute Gasteiger partial charge is 0.118 e. The lowest BCUT2D eigenvalue weighted by Crippen LogP contribution is -2.45. The third kappa shape index (κ3) is 3.74. The Morgan fingerprint density at radius 3 is 2.70 bits per heavy atom. The van der Waals surface area contributed by atoms with Crippen LogP contribution in [-0.4, -0.2) is 25.4 Å². The van der Waals surface area contributed by atoms with Gasteiger partial charge >= 0.3 is 0 Å². The molecule has 1 fully saturated rings. The van der Waals surface area contributed by atoms with Crippen LogP contribution in [0.15, 0.2) is 24.3 Å². The average Bonchev–Trinajstić information content (AvgIpc) is 2.47. The Hall–Kier alpha value is -1.06. The highest BCUT2D eigenvalue weighted by atomic mass is 16.5. The zero-order valence-electron chi connectivity index (χ0n) is 13.1. The van der Waals surface area contributed by atoms with Crippen LogP contribution < -0.4 is 10.1 Å². The molecule has 3 atom stereocenters. The minimum absolute atomic E-state index is 0.0372. The lowest BCUT2D eigenvalue weighted by atomic mass is 9.89. The maximum absolute atomic E-state index is 5.91. The van der Waals surface area contributed by atoms with E-state index < -0.39 is 0 Å². The van der Waals surface area contributed by atoms with E-state index in [-0.39, 0.29) is 5.60 Å². The van der Waals surface area contributed by atoms with E-state index in [1.165, 1.54) is 5.56 Å². The zero-order valence-corrected chi connectivity index (χ0v) is 13.1. The third-order valence-corrected chi connectivity index (χ3v) is 4.44. The second-order valence-electron chi connectivity index (χ2n) is 6.00. The summed E-state index contributed by atoms with van der Waals surface area (Å²) in [6.07, 6.45) is 3.25. The van der Waals surface area contributed by atoms with Crippen LogP contribution in [0.1, 0.15) is 51.6 Å². The van der Waals surface area contributed by atoms with Gasteiger partial charge in [-0.2, -0.15) is 0 Å². The molecule has 1 aromatic carbocycles. The van der Waals surface area contributed by atoms with Crippen LogP contribution in [0.5, 0.6) is 5.75 Å². The third-order valence-electron chi connectivity index (χ3n) is 4.44. The summed E-state index contributed by atoms with van der Waals surface area (Å²) in [5, 5.41) is 3.74. The van der Waals surface area contributed by atoms with Crippen molar-refractivity contribution in [3.8, 4) is 5.75 Å². The van der Waals surface area contributed by atoms with Crippen LogP contribution in [0.25, 0.3) is 0 Å². The Morgan fingerprint density at radius 2 is 2.10 bits per heavy atom. The maximum Gasteiger partial charge on any atom is 0.118 e. The van der Waals surface area contributed by atoms with Gasteiger partial charge in [-0.25, -0.2) is 0 Å². The van der Waals surface area contributed by atoms with Crippen molar-refractivity contribution < 1.29 is 9.47 Å². The molecule has 1 aromatic rings. The van der Waals surface area contributed by atoms with Crippen molar-refractivity contribution >= 4 is 0 Å². The van der Waals surface area contributed by atoms with E-state index in [1.54, 1.807) is 7.11 Å². The first-order valence-electron chi connectivity index (χ1n) is 7.60. The SMILES string of the molecule is CCC1(C)CC(NC(C)c2ccc(OC)cc2)CCO1. The van der Waals surface area contributed by atoms with E-state index in [0.717, 1.165) is 31.6 Å². The monoisotopic (exact) mass is 277 g/mol. The summed E-state index contributed by atoms with van der Waals surface area (Å²) in [6.45, 7) is 7.51. The fourth-order valence-electron chi connectivity index (χ4n) is 2.86. The summed E-state index contributed by atoms with van der Waals surface area (Å²) in [5.74, 6) is 0.908. The van der Waals surface area contributed by atoms with E-state index in [2.05, 4.69) is 38.2 Å². The molecule has 2 rings (SSSR count). The minimum Gasteiger partial charge on any atom is -0.497 e. The van der Waals surface area contributed by atoms with Gasteiger partial charge in [-0.1, -0.05) is 19.1 Å². The van der Waals surface area contributed by atoms with E-state index in [0.29, 0.717) is 12.1 Å². The number of benzene rings is 1. The van der Waals surface area contributed by atoms with Crippen LogP contribution in [0.4, 0.5) is 0 Å². The van der Waals surface area contributed by atoms with Crippen molar-refractivity contribution in [3.05, 3.63) is 29.8 Å². The second kappa shape index (κ2) is 6.59. The van der Waals surface area contributed by atoms with Crippen LogP contribution in [0.2, 0.25) is 0 Å². The van der Waals surface area contributed by atoms with Gasteiger partial charge in [0.2, 0.25) is 0 Å². The zero-order chi connectivity index (χ0) is 14.6. The molecule has 112 valence electrons. The molecule has 3 heteroatoms. The molecule has 1 aliphatic rings. The number of nitrogens with one attached hydrogen (secondary N) is 1. The van der Waals surface area contributed by atoms with Gasteiger partial charge in [0.05, 0.1) is 12.7 Å². The van der Waals surface area contributed by atoms with Gasteiger partial charge in [0.25, 0.3) is 0 Å². The Morgan fingerprint density at radius 1 is 1.40 bits per heavy atom. The summed E-state index contributed by atoms with van der Waals surface area (Å²) < 4.78 is 11.1. The fourth-order valence-corrected chi connectivity index (χ4v) is 2.86. The molecule has 0 aromatic heterocycles. The second-order valence-corrected chi connectivity index (χ2v) is 6.00. The fraction of sp³-hybridized carbons (Fsp3) is 0.647. The van der Waals surface area contributed by atoms with Gasteiger partial charge in [-0.15, -0.1) is 0 Å². The Kier molecular flexibility index (Phi) is 5.06. The normalized spacial score (nSPS) is 28.1. The van der Waals surface area contributed by atoms with Gasteiger partial charge in [0.15, 0.2) is 0 Å². The Bertz CT molecular complexity index is 418. The van der Waals surface area contributed by atoms with E-state index in [4.69, 9.17) is 9.47 Å². The van der Waals surface area contributed by atoms with Crippen LogP contribution in [0.3, 0.4) is 0 Å². The first-order chi connectivity index (χ1) is 9.56. The highest BCUT2D eigenvalue weighted by molar-refractivity contribution is 5.28. The largest absolute Gasteiger partial charge is 0.497 e. The molecule has 0 bridgehead atoms. The van der Waals surface area contributed by atoms with E-state index in [1.807, 2.05) is 12.1 Å². The molecule has 0 spiro atoms. The van der Waals surface area contributed by atoms with Gasteiger partial charge < -0.3 is 14.8 Å². The number of hydrogen-bond acceptors (Lipinski definition) is 3. The topological polar surface area (TPSA) is 30.5 Å². The standard InChI is InChI=1S/C17H27NO2/c1-5-17(3)12-15(10-11-20-17)18-13(2)14-6-8-16(19-4)9-7-14/h6-9,13,15,18H,5,10-12H2,1-4H3. The summed E-state index contributed by atoms with van der Waals surface area (Å²) in [6, 6.07) is 9.20. The maximum atomic E-state index is 5.91. The molecule has 0 amide bonds. The number of ether oxygens (including phenoxy) is 2. The Balaban J connectivity index is 1.94. The van der Waals surface area contributed by atoms with Crippen LogP contribution in [-0.2, 0) is 4.74 Å². The molecule has 0 radical (unpaired) electrons. The van der Waals surface area contributed by atoms with Crippen molar-refractivity contribution in [2.24, 2.45) is 0 Å². The van der Waals surface area contributed by atoms with E-state index in [9.17, 15) is 0 Å². The predicted molar refractivity (Wildman–Crippen MR) is 82.2 cm³/mol. The van der Waals surface area contributed by atoms with Gasteiger partial charge in [-0.05, 0) is 50.8 Å². The van der Waals surface area contributed by atoms with Crippen LogP contribution >= 0.6 is 0 Å². The lowest BCUT2D eigenvalue weighted by molar-refractivity contribution is -0.0789. The van der Waals surface area contributed by atoms with Crippen molar-refractivity contribution in [2.75, 3.05) is 13.7 Å². The van der Waals surface area contributed by atoms with Crippen molar-refractivity contribution in [2.45, 2.75) is 57.7 Å². The highest BCUT2D eigenvalue weighted by Gasteiger charge is 2.32. The molecule has 20 heavy (non-hydrogen) atoms. The van der Waals surface area contributed by atoms with Gasteiger partial charge in [0, 0.05) is 18.7 Å². The predicted octanol–water partition coefficient (Wildman–Crippen LogP) is 3.69. The average molecular weight is 277 g/mol. The lowest BCUT2D eigenvalue weighted by Gasteiger charge is -2.39. The minimum atomic E-state index is 0.0372. The summed E-state index contributed by atoms with van der Waals surface area (Å²) in [4.78, 5) is 0. The van der Waals surface area contributed by atoms with Crippen molar-refractivity contribution in [1.29, 1.82) is 0 Å². The molecule has 0 saturated carbocycles. The quantitative estimate of drug-likeness (QED) is 0.890. The number of hydrogen-bond donors (Lipinski definition) is 1. The summed E-state index contributed by atoms with van der Waals surface area (Å²) in [7, 11) is 1.70. The van der Waals surface area contributed by atoms with Gasteiger partial charge in [-0.3, -0.25) is 0 Å². The molecule has 3 nitrogen and oxygen atoms in total. The summed E-state index contributed by atoms with van der Waals surface area (Å²) >= 11 is 0. The molecular formula is C17H27NO2. The molecule has 3 unspecified atom stereocenters. The summed E-state index contributed by atoms with van der Waals surface area (Å²) in [5.41, 5.74) is 1.34.